The van der Waals surface area contributed by atoms with Gasteiger partial charge in [0.1, 0.15) is 0 Å². The molecule has 0 aromatic heterocycles. The Morgan fingerprint density at radius 3 is 2.70 bits per heavy atom. The van der Waals surface area contributed by atoms with Gasteiger partial charge in [0.05, 0.1) is 12.8 Å². The molecule has 3 rings (SSSR count). The van der Waals surface area contributed by atoms with E-state index in [2.05, 4.69) is 9.89 Å². The lowest BCUT2D eigenvalue weighted by Crippen LogP contribution is -2.43. The number of halogens is 2. The molecule has 1 aromatic carbocycles. The van der Waals surface area contributed by atoms with E-state index >= 15 is 0 Å². The van der Waals surface area contributed by atoms with E-state index in [0.717, 1.165) is 29.2 Å². The Labute approximate surface area is 119 Å². The molecule has 4 nitrogen and oxygen atoms in total. The molecule has 0 radical (unpaired) electrons. The topological polar surface area (TPSA) is 40.0 Å². The summed E-state index contributed by atoms with van der Waals surface area (Å²) in [6.07, 6.45) is 0.734. The third-order valence-electron chi connectivity index (χ3n) is 3.28. The van der Waals surface area contributed by atoms with Gasteiger partial charge in [-0.3, -0.25) is 0 Å². The summed E-state index contributed by atoms with van der Waals surface area (Å²) >= 11 is 1.82. The zero-order chi connectivity index (χ0) is 14.2. The van der Waals surface area contributed by atoms with Gasteiger partial charge in [-0.2, -0.15) is 20.5 Å². The van der Waals surface area contributed by atoms with E-state index in [-0.39, 0.29) is 17.1 Å². The van der Waals surface area contributed by atoms with Crippen LogP contribution < -0.4 is 9.47 Å². The molecule has 108 valence electrons. The van der Waals surface area contributed by atoms with Crippen molar-refractivity contribution < 1.29 is 23.1 Å². The molecule has 0 unspecified atom stereocenters. The molecule has 2 aliphatic heterocycles. The molecular weight excluding hydrogens is 288 g/mol. The lowest BCUT2D eigenvalue weighted by molar-refractivity contribution is -0.0512. The van der Waals surface area contributed by atoms with Crippen LogP contribution in [-0.2, 0) is 4.84 Å². The fourth-order valence-electron chi connectivity index (χ4n) is 2.20. The van der Waals surface area contributed by atoms with Gasteiger partial charge in [-0.1, -0.05) is 5.16 Å². The van der Waals surface area contributed by atoms with Crippen LogP contribution in [0.25, 0.3) is 0 Å². The average Bonchev–Trinajstić information content (AvgIpc) is 2.84. The zero-order valence-corrected chi connectivity index (χ0v) is 11.6. The van der Waals surface area contributed by atoms with Crippen LogP contribution >= 0.6 is 11.8 Å². The largest absolute Gasteiger partial charge is 0.493 e. The maximum atomic E-state index is 12.3. The second kappa shape index (κ2) is 5.12. The first-order valence-corrected chi connectivity index (χ1v) is 7.23. The van der Waals surface area contributed by atoms with Crippen molar-refractivity contribution in [1.29, 1.82) is 0 Å². The number of oxime groups is 1. The number of thioether (sulfide) groups is 1. The minimum Gasteiger partial charge on any atom is -0.493 e. The van der Waals surface area contributed by atoms with Gasteiger partial charge in [0.15, 0.2) is 17.1 Å². The van der Waals surface area contributed by atoms with E-state index in [0.29, 0.717) is 0 Å². The standard InChI is InChI=1S/C13H13F2NO3S/c1-17-11-4-8(2-3-10(11)18-12(14)15)9-5-13(19-16-9)6-20-7-13/h2-4,12H,5-7H2,1H3. The van der Waals surface area contributed by atoms with Crippen LogP contribution in [0, 0.1) is 0 Å². The summed E-state index contributed by atoms with van der Waals surface area (Å²) in [5.41, 5.74) is 1.45. The van der Waals surface area contributed by atoms with Crippen molar-refractivity contribution in [3.05, 3.63) is 23.8 Å². The van der Waals surface area contributed by atoms with Crippen LogP contribution in [0.1, 0.15) is 12.0 Å². The number of benzene rings is 1. The predicted octanol–water partition coefficient (Wildman–Crippen LogP) is 2.91. The molecule has 0 N–H and O–H groups in total. The number of ether oxygens (including phenoxy) is 2. The lowest BCUT2D eigenvalue weighted by atomic mass is 9.96. The molecule has 0 bridgehead atoms. The number of hydrogen-bond donors (Lipinski definition) is 0. The van der Waals surface area contributed by atoms with Crippen molar-refractivity contribution in [1.82, 2.24) is 0 Å². The van der Waals surface area contributed by atoms with Crippen molar-refractivity contribution in [3.63, 3.8) is 0 Å². The van der Waals surface area contributed by atoms with E-state index < -0.39 is 6.61 Å². The molecule has 20 heavy (non-hydrogen) atoms. The van der Waals surface area contributed by atoms with E-state index in [1.807, 2.05) is 11.8 Å². The summed E-state index contributed by atoms with van der Waals surface area (Å²) in [7, 11) is 1.41. The highest BCUT2D eigenvalue weighted by Gasteiger charge is 2.45. The van der Waals surface area contributed by atoms with E-state index in [4.69, 9.17) is 9.57 Å². The Balaban J connectivity index is 1.81. The molecule has 0 aliphatic carbocycles. The Bertz CT molecular complexity index is 546. The normalized spacial score (nSPS) is 19.5. The van der Waals surface area contributed by atoms with Crippen LogP contribution in [0.5, 0.6) is 11.5 Å². The molecule has 0 saturated carbocycles. The summed E-state index contributed by atoms with van der Waals surface area (Å²) in [6, 6.07) is 4.79. The zero-order valence-electron chi connectivity index (χ0n) is 10.8. The van der Waals surface area contributed by atoms with E-state index in [1.165, 1.54) is 13.2 Å². The monoisotopic (exact) mass is 301 g/mol. The van der Waals surface area contributed by atoms with Gasteiger partial charge in [0.25, 0.3) is 0 Å². The molecule has 2 aliphatic rings. The molecule has 1 spiro atoms. The third kappa shape index (κ3) is 2.42. The highest BCUT2D eigenvalue weighted by molar-refractivity contribution is 8.00. The number of rotatable bonds is 4. The molecule has 1 saturated heterocycles. The van der Waals surface area contributed by atoms with Gasteiger partial charge >= 0.3 is 6.61 Å². The fraction of sp³-hybridized carbons (Fsp3) is 0.462. The Hall–Kier alpha value is -1.50. The van der Waals surface area contributed by atoms with Crippen molar-refractivity contribution in [2.75, 3.05) is 18.6 Å². The summed E-state index contributed by atoms with van der Waals surface area (Å²) in [4.78, 5) is 5.49. The number of methoxy groups -OCH3 is 1. The Morgan fingerprint density at radius 1 is 1.35 bits per heavy atom. The number of nitrogens with zero attached hydrogens (tertiary/aromatic N) is 1. The van der Waals surface area contributed by atoms with E-state index in [9.17, 15) is 8.78 Å². The molecule has 2 heterocycles. The maximum absolute atomic E-state index is 12.3. The average molecular weight is 301 g/mol. The van der Waals surface area contributed by atoms with Crippen LogP contribution in [0.2, 0.25) is 0 Å². The summed E-state index contributed by atoms with van der Waals surface area (Å²) in [5.74, 6) is 2.14. The van der Waals surface area contributed by atoms with Crippen molar-refractivity contribution in [2.24, 2.45) is 5.16 Å². The Kier molecular flexibility index (Phi) is 3.45. The second-order valence-electron chi connectivity index (χ2n) is 4.73. The van der Waals surface area contributed by atoms with Crippen molar-refractivity contribution in [3.8, 4) is 11.5 Å². The van der Waals surface area contributed by atoms with Gasteiger partial charge in [-0.15, -0.1) is 0 Å². The minimum atomic E-state index is -2.88. The Morgan fingerprint density at radius 2 is 2.15 bits per heavy atom. The first kappa shape index (κ1) is 13.5. The van der Waals surface area contributed by atoms with Gasteiger partial charge < -0.3 is 14.3 Å². The molecule has 1 aromatic rings. The van der Waals surface area contributed by atoms with E-state index in [1.54, 1.807) is 12.1 Å². The fourth-order valence-corrected chi connectivity index (χ4v) is 3.17. The van der Waals surface area contributed by atoms with Crippen LogP contribution in [0.3, 0.4) is 0 Å². The quantitative estimate of drug-likeness (QED) is 0.857. The number of hydrogen-bond acceptors (Lipinski definition) is 5. The SMILES string of the molecule is COc1cc(C2=NOC3(CSC3)C2)ccc1OC(F)F. The first-order valence-electron chi connectivity index (χ1n) is 6.08. The van der Waals surface area contributed by atoms with Gasteiger partial charge in [0, 0.05) is 23.5 Å². The summed E-state index contributed by atoms with van der Waals surface area (Å²) in [6.45, 7) is -2.88. The van der Waals surface area contributed by atoms with Gasteiger partial charge in [-0.05, 0) is 18.2 Å². The highest BCUT2D eigenvalue weighted by atomic mass is 32.2. The molecule has 1 fully saturated rings. The van der Waals surface area contributed by atoms with Crippen LogP contribution in [0.4, 0.5) is 8.78 Å². The summed E-state index contributed by atoms with van der Waals surface area (Å²) < 4.78 is 34.0. The predicted molar refractivity (Wildman–Crippen MR) is 71.9 cm³/mol. The highest BCUT2D eigenvalue weighted by Crippen LogP contribution is 2.41. The van der Waals surface area contributed by atoms with Gasteiger partial charge in [0.2, 0.25) is 0 Å². The number of alkyl halides is 2. The maximum Gasteiger partial charge on any atom is 0.387 e. The molecule has 7 heteroatoms. The molecular formula is C13H13F2NO3S. The smallest absolute Gasteiger partial charge is 0.387 e. The van der Waals surface area contributed by atoms with Crippen molar-refractivity contribution in [2.45, 2.75) is 18.6 Å². The van der Waals surface area contributed by atoms with Gasteiger partial charge in [-0.25, -0.2) is 0 Å². The van der Waals surface area contributed by atoms with Crippen LogP contribution in [0.15, 0.2) is 23.4 Å². The summed E-state index contributed by atoms with van der Waals surface area (Å²) in [5, 5.41) is 4.11. The minimum absolute atomic E-state index is 0.0136. The molecule has 0 atom stereocenters. The first-order chi connectivity index (χ1) is 9.62. The lowest BCUT2D eigenvalue weighted by Gasteiger charge is -2.34. The third-order valence-corrected chi connectivity index (χ3v) is 4.74. The van der Waals surface area contributed by atoms with Crippen molar-refractivity contribution >= 4 is 17.5 Å². The second-order valence-corrected chi connectivity index (χ2v) is 5.71. The molecule has 0 amide bonds. The van der Waals surface area contributed by atoms with Crippen LogP contribution in [-0.4, -0.2) is 36.5 Å².